The minimum Gasteiger partial charge on any atom is -0.496 e. The number of anilines is 1. The molecule has 2 aromatic carbocycles. The van der Waals surface area contributed by atoms with Crippen LogP contribution in [0.4, 0.5) is 10.5 Å². The molecule has 0 aromatic heterocycles. The van der Waals surface area contributed by atoms with E-state index in [0.717, 1.165) is 31.2 Å². The van der Waals surface area contributed by atoms with Crippen molar-refractivity contribution in [3.63, 3.8) is 0 Å². The number of carbonyl (C=O) groups excluding carboxylic acids is 1. The molecule has 0 bridgehead atoms. The molecule has 1 aliphatic rings. The van der Waals surface area contributed by atoms with Gasteiger partial charge in [-0.2, -0.15) is 0 Å². The molecule has 144 valence electrons. The fourth-order valence-electron chi connectivity index (χ4n) is 4.09. The van der Waals surface area contributed by atoms with Gasteiger partial charge in [-0.05, 0) is 18.4 Å². The van der Waals surface area contributed by atoms with E-state index in [1.807, 2.05) is 30.3 Å². The van der Waals surface area contributed by atoms with Crippen molar-refractivity contribution in [2.75, 3.05) is 26.2 Å². The lowest BCUT2D eigenvalue weighted by Crippen LogP contribution is -2.51. The first kappa shape index (κ1) is 18.9. The van der Waals surface area contributed by atoms with Gasteiger partial charge in [-0.3, -0.25) is 4.90 Å². The highest BCUT2D eigenvalue weighted by atomic mass is 16.5. The van der Waals surface area contributed by atoms with Crippen molar-refractivity contribution >= 4 is 11.7 Å². The summed E-state index contributed by atoms with van der Waals surface area (Å²) in [7, 11) is 4.68. The van der Waals surface area contributed by atoms with E-state index in [9.17, 15) is 4.79 Å². The maximum absolute atomic E-state index is 12.8. The first-order valence-corrected chi connectivity index (χ1v) is 9.02. The van der Waals surface area contributed by atoms with E-state index in [1.165, 1.54) is 0 Å². The molecule has 2 N–H and O–H groups in total. The smallest absolute Gasteiger partial charge is 0.320 e. The molecule has 0 heterocycles. The largest absolute Gasteiger partial charge is 0.496 e. The van der Waals surface area contributed by atoms with Crippen LogP contribution in [0.15, 0.2) is 42.5 Å². The molecule has 0 unspecified atom stereocenters. The quantitative estimate of drug-likeness (QED) is 0.832. The highest BCUT2D eigenvalue weighted by Gasteiger charge is 2.46. The van der Waals surface area contributed by atoms with Crippen LogP contribution in [0.1, 0.15) is 31.2 Å². The molecule has 2 aromatic rings. The Kier molecular flexibility index (Phi) is 5.44. The van der Waals surface area contributed by atoms with Gasteiger partial charge in [0.1, 0.15) is 22.9 Å². The fourth-order valence-corrected chi connectivity index (χ4v) is 4.09. The summed E-state index contributed by atoms with van der Waals surface area (Å²) in [4.78, 5) is 14.4. The van der Waals surface area contributed by atoms with Crippen LogP contribution >= 0.6 is 0 Å². The molecule has 0 atom stereocenters. The second-order valence-corrected chi connectivity index (χ2v) is 6.66. The zero-order valence-corrected chi connectivity index (χ0v) is 16.0. The second kappa shape index (κ2) is 7.78. The average molecular weight is 370 g/mol. The molecule has 1 aliphatic carbocycles. The van der Waals surface area contributed by atoms with Crippen LogP contribution in [0.5, 0.6) is 17.2 Å². The van der Waals surface area contributed by atoms with Gasteiger partial charge in [0.2, 0.25) is 0 Å². The third-order valence-corrected chi connectivity index (χ3v) is 5.30. The van der Waals surface area contributed by atoms with E-state index in [-0.39, 0.29) is 0 Å². The number of amides is 2. The van der Waals surface area contributed by atoms with Crippen molar-refractivity contribution in [3.05, 3.63) is 48.0 Å². The number of nitrogens with two attached hydrogens (primary N) is 1. The van der Waals surface area contributed by atoms with E-state index in [4.69, 9.17) is 19.9 Å². The molecular formula is C21H26N2O4. The summed E-state index contributed by atoms with van der Waals surface area (Å²) < 4.78 is 16.5. The van der Waals surface area contributed by atoms with E-state index in [1.54, 1.807) is 38.4 Å². The van der Waals surface area contributed by atoms with Crippen molar-refractivity contribution in [1.82, 2.24) is 0 Å². The molecule has 1 saturated carbocycles. The summed E-state index contributed by atoms with van der Waals surface area (Å²) in [6.07, 6.45) is 3.66. The Labute approximate surface area is 159 Å². The molecule has 2 amide bonds. The molecule has 0 radical (unpaired) electrons. The molecule has 0 saturated heterocycles. The average Bonchev–Trinajstić information content (AvgIpc) is 3.19. The summed E-state index contributed by atoms with van der Waals surface area (Å²) in [5, 5.41) is 0. The number of nitrogens with zero attached hydrogens (tertiary/aromatic N) is 1. The second-order valence-electron chi connectivity index (χ2n) is 6.66. The minimum atomic E-state index is -0.539. The van der Waals surface area contributed by atoms with Gasteiger partial charge in [0.25, 0.3) is 0 Å². The minimum absolute atomic E-state index is 0.479. The monoisotopic (exact) mass is 370 g/mol. The van der Waals surface area contributed by atoms with Crippen molar-refractivity contribution in [2.45, 2.75) is 31.2 Å². The summed E-state index contributed by atoms with van der Waals surface area (Å²) in [5.41, 5.74) is 6.98. The van der Waals surface area contributed by atoms with E-state index in [0.29, 0.717) is 22.9 Å². The lowest BCUT2D eigenvalue weighted by Gasteiger charge is -2.41. The van der Waals surface area contributed by atoms with Gasteiger partial charge in [-0.15, -0.1) is 0 Å². The third-order valence-electron chi connectivity index (χ3n) is 5.30. The van der Waals surface area contributed by atoms with Gasteiger partial charge in [0, 0.05) is 12.1 Å². The molecule has 6 heteroatoms. The molecule has 3 rings (SSSR count). The predicted molar refractivity (Wildman–Crippen MR) is 105 cm³/mol. The van der Waals surface area contributed by atoms with E-state index < -0.39 is 11.6 Å². The molecule has 6 nitrogen and oxygen atoms in total. The van der Waals surface area contributed by atoms with Crippen molar-refractivity contribution < 1.29 is 19.0 Å². The van der Waals surface area contributed by atoms with Crippen LogP contribution in [0.2, 0.25) is 0 Å². The van der Waals surface area contributed by atoms with Gasteiger partial charge >= 0.3 is 6.03 Å². The Bertz CT molecular complexity index is 776. The van der Waals surface area contributed by atoms with Crippen LogP contribution in [-0.2, 0) is 5.54 Å². The first-order valence-electron chi connectivity index (χ1n) is 9.02. The number of primary amides is 1. The Hall–Kier alpha value is -2.89. The van der Waals surface area contributed by atoms with Crippen LogP contribution < -0.4 is 24.8 Å². The van der Waals surface area contributed by atoms with Gasteiger partial charge in [0.05, 0.1) is 26.9 Å². The first-order chi connectivity index (χ1) is 13.1. The van der Waals surface area contributed by atoms with Crippen LogP contribution in [0.3, 0.4) is 0 Å². The lowest BCUT2D eigenvalue weighted by atomic mass is 9.85. The zero-order chi connectivity index (χ0) is 19.4. The number of methoxy groups -OCH3 is 3. The summed E-state index contributed by atoms with van der Waals surface area (Å²) in [5.74, 6) is 1.54. The number of urea groups is 1. The lowest BCUT2D eigenvalue weighted by molar-refractivity contribution is 0.243. The zero-order valence-electron chi connectivity index (χ0n) is 16.0. The maximum Gasteiger partial charge on any atom is 0.320 e. The highest BCUT2D eigenvalue weighted by molar-refractivity contribution is 5.96. The van der Waals surface area contributed by atoms with Crippen molar-refractivity contribution in [1.29, 1.82) is 0 Å². The number of ether oxygens (including phenoxy) is 3. The normalized spacial score (nSPS) is 15.2. The summed E-state index contributed by atoms with van der Waals surface area (Å²) >= 11 is 0. The molecular weight excluding hydrogens is 344 g/mol. The summed E-state index contributed by atoms with van der Waals surface area (Å²) in [6, 6.07) is 13.0. The SMILES string of the molecule is COc1cc(OC)c(N(C(N)=O)C2(c3ccccc3)CCCC2)c(OC)c1. The number of carbonyl (C=O) groups is 1. The molecule has 0 spiro atoms. The molecule has 1 fully saturated rings. The summed E-state index contributed by atoms with van der Waals surface area (Å²) in [6.45, 7) is 0. The van der Waals surface area contributed by atoms with Gasteiger partial charge in [0.15, 0.2) is 0 Å². The Balaban J connectivity index is 2.26. The van der Waals surface area contributed by atoms with Crippen molar-refractivity contribution in [3.8, 4) is 17.2 Å². The Morgan fingerprint density at radius 3 is 1.96 bits per heavy atom. The topological polar surface area (TPSA) is 74.0 Å². The Morgan fingerprint density at radius 1 is 0.963 bits per heavy atom. The standard InChI is InChI=1S/C21H26N2O4/c1-25-16-13-17(26-2)19(18(14-16)27-3)23(20(22)24)21(11-7-8-12-21)15-9-5-4-6-10-15/h4-6,9-10,13-14H,7-8,11-12H2,1-3H3,(H2,22,24). The third kappa shape index (κ3) is 3.27. The van der Waals surface area contributed by atoms with Crippen LogP contribution in [-0.4, -0.2) is 27.4 Å². The van der Waals surface area contributed by atoms with Crippen LogP contribution in [0, 0.1) is 0 Å². The number of rotatable bonds is 6. The highest BCUT2D eigenvalue weighted by Crippen LogP contribution is 2.51. The number of hydrogen-bond donors (Lipinski definition) is 1. The number of benzene rings is 2. The van der Waals surface area contributed by atoms with Gasteiger partial charge < -0.3 is 19.9 Å². The Morgan fingerprint density at radius 2 is 1.52 bits per heavy atom. The van der Waals surface area contributed by atoms with E-state index in [2.05, 4.69) is 0 Å². The van der Waals surface area contributed by atoms with Crippen LogP contribution in [0.25, 0.3) is 0 Å². The van der Waals surface area contributed by atoms with Gasteiger partial charge in [-0.25, -0.2) is 4.79 Å². The molecule has 0 aliphatic heterocycles. The fraction of sp³-hybridized carbons (Fsp3) is 0.381. The number of hydrogen-bond acceptors (Lipinski definition) is 4. The maximum atomic E-state index is 12.8. The van der Waals surface area contributed by atoms with E-state index >= 15 is 0 Å². The van der Waals surface area contributed by atoms with Crippen molar-refractivity contribution in [2.24, 2.45) is 5.73 Å². The van der Waals surface area contributed by atoms with Gasteiger partial charge in [-0.1, -0.05) is 43.2 Å². The predicted octanol–water partition coefficient (Wildman–Crippen LogP) is 4.07. The molecule has 27 heavy (non-hydrogen) atoms.